The van der Waals surface area contributed by atoms with Crippen LogP contribution in [0.2, 0.25) is 0 Å². The summed E-state index contributed by atoms with van der Waals surface area (Å²) >= 11 is 0. The average molecular weight is 529 g/mol. The van der Waals surface area contributed by atoms with Crippen LogP contribution in [0.3, 0.4) is 0 Å². The second-order valence-electron chi connectivity index (χ2n) is 11.0. The molecule has 6 rings (SSSR count). The minimum absolute atomic E-state index is 0.00240. The average Bonchev–Trinajstić information content (AvgIpc) is 3.69. The van der Waals surface area contributed by atoms with Crippen molar-refractivity contribution in [2.75, 3.05) is 13.2 Å². The molecule has 1 aromatic heterocycles. The van der Waals surface area contributed by atoms with E-state index in [4.69, 9.17) is 18.7 Å². The maximum absolute atomic E-state index is 13.0. The molecule has 1 amide bonds. The van der Waals surface area contributed by atoms with Gasteiger partial charge in [0.15, 0.2) is 5.79 Å². The van der Waals surface area contributed by atoms with Crippen molar-refractivity contribution in [3.05, 3.63) is 53.1 Å². The van der Waals surface area contributed by atoms with Crippen LogP contribution in [0.5, 0.6) is 5.75 Å². The van der Waals surface area contributed by atoms with Crippen molar-refractivity contribution in [1.29, 1.82) is 5.26 Å². The number of aromatic nitrogens is 2. The normalized spacial score (nSPS) is 25.7. The summed E-state index contributed by atoms with van der Waals surface area (Å²) in [5.41, 5.74) is 4.26. The molecule has 4 atom stereocenters. The Balaban J connectivity index is 1.26. The molecule has 9 nitrogen and oxygen atoms in total. The Morgan fingerprint density at radius 2 is 2.10 bits per heavy atom. The summed E-state index contributed by atoms with van der Waals surface area (Å²) < 4.78 is 23.4. The van der Waals surface area contributed by atoms with Crippen LogP contribution in [0.4, 0.5) is 0 Å². The smallest absolute Gasteiger partial charge is 0.258 e. The molecule has 1 aliphatic carbocycles. The standard InChI is InChI=1S/C30H32N4O5/c1-5-30(4)36-16-21(38-30)15-34-26(35)13-19-12-24-22(27(19)34)7-6-8-23(24)28-32-29(39-33-28)18-9-10-25(37-17(2)3)20(11-18)14-31/h6-11,17,19,21,27H,5,12-13,15-16H2,1-4H3. The molecule has 0 spiro atoms. The van der Waals surface area contributed by atoms with Crippen LogP contribution in [-0.2, 0) is 20.7 Å². The predicted molar refractivity (Wildman–Crippen MR) is 141 cm³/mol. The Bertz CT molecular complexity index is 1460. The van der Waals surface area contributed by atoms with Crippen molar-refractivity contribution in [2.24, 2.45) is 5.92 Å². The molecule has 9 heteroatoms. The van der Waals surface area contributed by atoms with Crippen LogP contribution in [-0.4, -0.2) is 52.1 Å². The zero-order valence-corrected chi connectivity index (χ0v) is 22.6. The Morgan fingerprint density at radius 3 is 2.85 bits per heavy atom. The number of likely N-dealkylation sites (tertiary alicyclic amines) is 1. The Labute approximate surface area is 227 Å². The van der Waals surface area contributed by atoms with Gasteiger partial charge in [-0.15, -0.1) is 0 Å². The van der Waals surface area contributed by atoms with Crippen molar-refractivity contribution in [1.82, 2.24) is 15.0 Å². The summed E-state index contributed by atoms with van der Waals surface area (Å²) in [6.45, 7) is 8.83. The van der Waals surface area contributed by atoms with E-state index < -0.39 is 5.79 Å². The van der Waals surface area contributed by atoms with Crippen LogP contribution in [0.25, 0.3) is 22.8 Å². The zero-order valence-electron chi connectivity index (χ0n) is 22.6. The van der Waals surface area contributed by atoms with Crippen LogP contribution in [0.15, 0.2) is 40.9 Å². The first-order valence-electron chi connectivity index (χ1n) is 13.6. The second-order valence-corrected chi connectivity index (χ2v) is 11.0. The molecule has 0 saturated carbocycles. The molecule has 3 aliphatic rings. The summed E-state index contributed by atoms with van der Waals surface area (Å²) in [6, 6.07) is 13.6. The van der Waals surface area contributed by atoms with E-state index in [1.165, 1.54) is 0 Å². The first-order chi connectivity index (χ1) is 18.8. The number of amides is 1. The molecular weight excluding hydrogens is 496 g/mol. The van der Waals surface area contributed by atoms with Gasteiger partial charge in [-0.2, -0.15) is 10.2 Å². The number of nitriles is 1. The van der Waals surface area contributed by atoms with E-state index in [0.717, 1.165) is 29.5 Å². The van der Waals surface area contributed by atoms with Gasteiger partial charge in [0, 0.05) is 24.1 Å². The number of rotatable bonds is 7. The summed E-state index contributed by atoms with van der Waals surface area (Å²) in [4.78, 5) is 19.7. The van der Waals surface area contributed by atoms with Crippen LogP contribution >= 0.6 is 0 Å². The van der Waals surface area contributed by atoms with Gasteiger partial charge >= 0.3 is 0 Å². The third kappa shape index (κ3) is 4.58. The molecule has 2 aliphatic heterocycles. The van der Waals surface area contributed by atoms with E-state index >= 15 is 0 Å². The molecule has 202 valence electrons. The topological polar surface area (TPSA) is 111 Å². The number of carbonyl (C=O) groups excluding carboxylic acids is 1. The van der Waals surface area contributed by atoms with Gasteiger partial charge in [-0.1, -0.05) is 30.3 Å². The molecular formula is C30H32N4O5. The van der Waals surface area contributed by atoms with Gasteiger partial charge in [-0.05, 0) is 68.9 Å². The van der Waals surface area contributed by atoms with Gasteiger partial charge in [0.25, 0.3) is 5.89 Å². The van der Waals surface area contributed by atoms with E-state index in [9.17, 15) is 10.1 Å². The second kappa shape index (κ2) is 9.78. The van der Waals surface area contributed by atoms with Crippen molar-refractivity contribution in [2.45, 2.75) is 71.0 Å². The van der Waals surface area contributed by atoms with E-state index in [-0.39, 0.29) is 30.1 Å². The maximum atomic E-state index is 13.0. The van der Waals surface area contributed by atoms with Gasteiger partial charge in [0.05, 0.1) is 24.3 Å². The van der Waals surface area contributed by atoms with Gasteiger partial charge in [0.1, 0.15) is 17.9 Å². The van der Waals surface area contributed by atoms with Crippen molar-refractivity contribution < 1.29 is 23.5 Å². The quantitative estimate of drug-likeness (QED) is 0.419. The monoisotopic (exact) mass is 528 g/mol. The highest BCUT2D eigenvalue weighted by Crippen LogP contribution is 2.49. The Morgan fingerprint density at radius 1 is 1.26 bits per heavy atom. The maximum Gasteiger partial charge on any atom is 0.258 e. The van der Waals surface area contributed by atoms with E-state index in [0.29, 0.717) is 48.2 Å². The number of nitrogens with zero attached hydrogens (tertiary/aromatic N) is 4. The minimum atomic E-state index is -0.584. The number of hydrogen-bond donors (Lipinski definition) is 0. The highest BCUT2D eigenvalue weighted by Gasteiger charge is 2.48. The highest BCUT2D eigenvalue weighted by molar-refractivity contribution is 5.81. The van der Waals surface area contributed by atoms with Crippen LogP contribution in [0.1, 0.15) is 63.3 Å². The summed E-state index contributed by atoms with van der Waals surface area (Å²) in [7, 11) is 0. The number of fused-ring (bicyclic) bond motifs is 3. The SMILES string of the molecule is CCC1(C)OCC(CN2C(=O)CC3Cc4c(-c5noc(-c6ccc(OC(C)C)c(C#N)c6)n5)cccc4C32)O1. The summed E-state index contributed by atoms with van der Waals surface area (Å²) in [5, 5.41) is 13.9. The summed E-state index contributed by atoms with van der Waals surface area (Å²) in [6.07, 6.45) is 1.86. The third-order valence-corrected chi connectivity index (χ3v) is 7.95. The molecule has 2 fully saturated rings. The summed E-state index contributed by atoms with van der Waals surface area (Å²) in [5.74, 6) is 1.13. The highest BCUT2D eigenvalue weighted by atomic mass is 16.7. The molecule has 3 aromatic rings. The fourth-order valence-electron chi connectivity index (χ4n) is 6.01. The molecule has 4 unspecified atom stereocenters. The van der Waals surface area contributed by atoms with E-state index in [2.05, 4.69) is 22.3 Å². The number of carbonyl (C=O) groups is 1. The lowest BCUT2D eigenvalue weighted by Crippen LogP contribution is -2.37. The van der Waals surface area contributed by atoms with Crippen LogP contribution < -0.4 is 4.74 Å². The largest absolute Gasteiger partial charge is 0.490 e. The van der Waals surface area contributed by atoms with Gasteiger partial charge < -0.3 is 23.6 Å². The Hall–Kier alpha value is -3.74. The first kappa shape index (κ1) is 25.5. The molecule has 0 radical (unpaired) electrons. The zero-order chi connectivity index (χ0) is 27.3. The van der Waals surface area contributed by atoms with Crippen molar-refractivity contribution in [3.63, 3.8) is 0 Å². The van der Waals surface area contributed by atoms with Gasteiger partial charge in [0.2, 0.25) is 11.7 Å². The first-order valence-corrected chi connectivity index (χ1v) is 13.6. The number of ether oxygens (including phenoxy) is 3. The number of hydrogen-bond acceptors (Lipinski definition) is 8. The lowest BCUT2D eigenvalue weighted by molar-refractivity contribution is -0.159. The minimum Gasteiger partial charge on any atom is -0.490 e. The third-order valence-electron chi connectivity index (χ3n) is 7.95. The van der Waals surface area contributed by atoms with Crippen molar-refractivity contribution in [3.8, 4) is 34.7 Å². The molecule has 0 bridgehead atoms. The molecule has 0 N–H and O–H groups in total. The van der Waals surface area contributed by atoms with Gasteiger partial charge in [-0.3, -0.25) is 4.79 Å². The van der Waals surface area contributed by atoms with E-state index in [1.54, 1.807) is 12.1 Å². The lowest BCUT2D eigenvalue weighted by Gasteiger charge is -2.28. The fourth-order valence-corrected chi connectivity index (χ4v) is 6.01. The predicted octanol–water partition coefficient (Wildman–Crippen LogP) is 5.05. The Kier molecular flexibility index (Phi) is 6.40. The van der Waals surface area contributed by atoms with Crippen molar-refractivity contribution >= 4 is 5.91 Å². The molecule has 3 heterocycles. The number of benzene rings is 2. The lowest BCUT2D eigenvalue weighted by atomic mass is 10.0. The molecule has 39 heavy (non-hydrogen) atoms. The fraction of sp³-hybridized carbons (Fsp3) is 0.467. The van der Waals surface area contributed by atoms with Crippen LogP contribution in [0, 0.1) is 17.2 Å². The molecule has 2 aromatic carbocycles. The molecule has 2 saturated heterocycles. The van der Waals surface area contributed by atoms with E-state index in [1.807, 2.05) is 50.8 Å². The van der Waals surface area contributed by atoms with Gasteiger partial charge in [-0.25, -0.2) is 0 Å².